The maximum atomic E-state index is 4.63. The van der Waals surface area contributed by atoms with Crippen molar-refractivity contribution in [3.63, 3.8) is 0 Å². The number of fused-ring (bicyclic) bond motifs is 1. The zero-order chi connectivity index (χ0) is 15.5. The van der Waals surface area contributed by atoms with E-state index in [-0.39, 0.29) is 0 Å². The molecule has 3 aromatic rings. The number of para-hydroxylation sites is 1. The summed E-state index contributed by atoms with van der Waals surface area (Å²) >= 11 is 4.02. The van der Waals surface area contributed by atoms with Crippen LogP contribution in [-0.2, 0) is 25.3 Å². The van der Waals surface area contributed by atoms with E-state index in [1.807, 2.05) is 52.2 Å². The van der Waals surface area contributed by atoms with Gasteiger partial charge in [0.1, 0.15) is 0 Å². The molecule has 1 N–H and O–H groups in total. The van der Waals surface area contributed by atoms with E-state index in [4.69, 9.17) is 0 Å². The molecule has 0 fully saturated rings. The Bertz CT molecular complexity index is 753. The summed E-state index contributed by atoms with van der Waals surface area (Å²) in [6.45, 7) is 1.73. The predicted molar refractivity (Wildman–Crippen MR) is 98.3 cm³/mol. The fourth-order valence-corrected chi connectivity index (χ4v) is 5.14. The van der Waals surface area contributed by atoms with Gasteiger partial charge in [-0.2, -0.15) is 16.9 Å². The summed E-state index contributed by atoms with van der Waals surface area (Å²) in [5.74, 6) is 2.46. The van der Waals surface area contributed by atoms with Gasteiger partial charge >= 0.3 is 0 Å². The van der Waals surface area contributed by atoms with Crippen LogP contribution in [0.2, 0.25) is 0 Å². The normalized spacial score (nSPS) is 13.9. The first kappa shape index (κ1) is 15.0. The number of hydrogen-bond donors (Lipinski definition) is 1. The highest BCUT2D eigenvalue weighted by Gasteiger charge is 2.13. The lowest BCUT2D eigenvalue weighted by Crippen LogP contribution is -2.12. The molecular weight excluding hydrogens is 322 g/mol. The Morgan fingerprint density at radius 3 is 2.91 bits per heavy atom. The molecule has 4 rings (SSSR count). The second kappa shape index (κ2) is 6.91. The SMILES string of the molecule is c1ccc(-n2ccc(CNCc3cc4c(s3)CCSC4)n2)cc1. The van der Waals surface area contributed by atoms with Crippen LogP contribution in [0.15, 0.2) is 48.7 Å². The van der Waals surface area contributed by atoms with Gasteiger partial charge in [-0.15, -0.1) is 11.3 Å². The molecule has 0 saturated heterocycles. The maximum absolute atomic E-state index is 4.63. The van der Waals surface area contributed by atoms with Gasteiger partial charge in [0.2, 0.25) is 0 Å². The van der Waals surface area contributed by atoms with E-state index in [1.54, 1.807) is 10.4 Å². The van der Waals surface area contributed by atoms with Crippen LogP contribution in [0.3, 0.4) is 0 Å². The minimum atomic E-state index is 0.803. The Labute approximate surface area is 144 Å². The Morgan fingerprint density at radius 2 is 2.04 bits per heavy atom. The van der Waals surface area contributed by atoms with E-state index in [0.717, 1.165) is 24.5 Å². The molecule has 0 aliphatic carbocycles. The van der Waals surface area contributed by atoms with Gasteiger partial charge in [0, 0.05) is 34.8 Å². The summed E-state index contributed by atoms with van der Waals surface area (Å²) in [6.07, 6.45) is 3.26. The van der Waals surface area contributed by atoms with Crippen molar-refractivity contribution in [3.8, 4) is 5.69 Å². The highest BCUT2D eigenvalue weighted by atomic mass is 32.2. The summed E-state index contributed by atoms with van der Waals surface area (Å²) in [4.78, 5) is 3.04. The largest absolute Gasteiger partial charge is 0.306 e. The molecule has 3 nitrogen and oxygen atoms in total. The maximum Gasteiger partial charge on any atom is 0.0766 e. The molecule has 0 radical (unpaired) electrons. The first-order valence-corrected chi connectivity index (χ1v) is 9.84. The van der Waals surface area contributed by atoms with E-state index in [0.29, 0.717) is 0 Å². The standard InChI is InChI=1S/C18H19N3S2/c1-2-4-16(5-3-1)21-8-6-15(20-21)11-19-12-17-10-14-13-22-9-7-18(14)23-17/h1-6,8,10,19H,7,9,11-13H2. The lowest BCUT2D eigenvalue weighted by molar-refractivity contribution is 0.675. The Kier molecular flexibility index (Phi) is 4.50. The topological polar surface area (TPSA) is 29.9 Å². The number of aromatic nitrogens is 2. The zero-order valence-electron chi connectivity index (χ0n) is 12.9. The predicted octanol–water partition coefficient (Wildman–Crippen LogP) is 4.01. The van der Waals surface area contributed by atoms with Crippen LogP contribution < -0.4 is 5.32 Å². The van der Waals surface area contributed by atoms with E-state index in [2.05, 4.69) is 34.7 Å². The van der Waals surface area contributed by atoms with Gasteiger partial charge in [0.05, 0.1) is 11.4 Å². The van der Waals surface area contributed by atoms with E-state index < -0.39 is 0 Å². The molecule has 0 saturated carbocycles. The molecule has 1 aliphatic heterocycles. The van der Waals surface area contributed by atoms with Gasteiger partial charge in [-0.3, -0.25) is 0 Å². The Hall–Kier alpha value is -1.56. The van der Waals surface area contributed by atoms with Crippen molar-refractivity contribution in [2.45, 2.75) is 25.3 Å². The van der Waals surface area contributed by atoms with Gasteiger partial charge in [-0.25, -0.2) is 4.68 Å². The highest BCUT2D eigenvalue weighted by molar-refractivity contribution is 7.98. The summed E-state index contributed by atoms with van der Waals surface area (Å²) in [6, 6.07) is 14.7. The van der Waals surface area contributed by atoms with Crippen LogP contribution in [0.25, 0.3) is 5.69 Å². The number of aryl methyl sites for hydroxylation is 1. The number of nitrogens with one attached hydrogen (secondary N) is 1. The number of thioether (sulfide) groups is 1. The van der Waals surface area contributed by atoms with E-state index in [9.17, 15) is 0 Å². The molecule has 3 heterocycles. The lowest BCUT2D eigenvalue weighted by Gasteiger charge is -2.08. The Balaban J connectivity index is 1.35. The number of nitrogens with zero attached hydrogens (tertiary/aromatic N) is 2. The van der Waals surface area contributed by atoms with Crippen LogP contribution in [0.5, 0.6) is 0 Å². The van der Waals surface area contributed by atoms with Gasteiger partial charge in [-0.1, -0.05) is 18.2 Å². The number of hydrogen-bond acceptors (Lipinski definition) is 4. The first-order chi connectivity index (χ1) is 11.4. The van der Waals surface area contributed by atoms with E-state index in [1.165, 1.54) is 22.8 Å². The fourth-order valence-electron chi connectivity index (χ4n) is 2.79. The molecule has 0 spiro atoms. The average Bonchev–Trinajstić information content (AvgIpc) is 3.22. The van der Waals surface area contributed by atoms with E-state index >= 15 is 0 Å². The summed E-state index contributed by atoms with van der Waals surface area (Å²) in [7, 11) is 0. The van der Waals surface area contributed by atoms with Crippen LogP contribution in [0.1, 0.15) is 21.0 Å². The zero-order valence-corrected chi connectivity index (χ0v) is 14.5. The fraction of sp³-hybridized carbons (Fsp3) is 0.278. The molecule has 118 valence electrons. The third-order valence-corrected chi connectivity index (χ3v) is 6.19. The third-order valence-electron chi connectivity index (χ3n) is 3.95. The minimum absolute atomic E-state index is 0.803. The van der Waals surface area contributed by atoms with Crippen molar-refractivity contribution >= 4 is 23.1 Å². The highest BCUT2D eigenvalue weighted by Crippen LogP contribution is 2.31. The molecule has 0 atom stereocenters. The second-order valence-electron chi connectivity index (χ2n) is 5.65. The molecule has 0 bridgehead atoms. The summed E-state index contributed by atoms with van der Waals surface area (Å²) in [5, 5.41) is 8.15. The molecule has 1 aromatic carbocycles. The Morgan fingerprint density at radius 1 is 1.13 bits per heavy atom. The van der Waals surface area contributed by atoms with Crippen molar-refractivity contribution in [1.29, 1.82) is 0 Å². The van der Waals surface area contributed by atoms with Crippen molar-refractivity contribution in [3.05, 3.63) is 69.7 Å². The molecule has 23 heavy (non-hydrogen) atoms. The molecule has 0 amide bonds. The minimum Gasteiger partial charge on any atom is -0.306 e. The summed E-state index contributed by atoms with van der Waals surface area (Å²) in [5.41, 5.74) is 3.73. The average molecular weight is 342 g/mol. The molecule has 5 heteroatoms. The third kappa shape index (κ3) is 3.52. The number of rotatable bonds is 5. The van der Waals surface area contributed by atoms with Crippen LogP contribution in [-0.4, -0.2) is 15.5 Å². The monoisotopic (exact) mass is 341 g/mol. The smallest absolute Gasteiger partial charge is 0.0766 e. The second-order valence-corrected chi connectivity index (χ2v) is 7.98. The summed E-state index contributed by atoms with van der Waals surface area (Å²) < 4.78 is 1.93. The first-order valence-electron chi connectivity index (χ1n) is 7.87. The van der Waals surface area contributed by atoms with Gasteiger partial charge in [-0.05, 0) is 42.0 Å². The van der Waals surface area contributed by atoms with Crippen molar-refractivity contribution in [2.75, 3.05) is 5.75 Å². The number of benzene rings is 1. The van der Waals surface area contributed by atoms with Gasteiger partial charge in [0.15, 0.2) is 0 Å². The molecule has 2 aromatic heterocycles. The van der Waals surface area contributed by atoms with Gasteiger partial charge in [0.25, 0.3) is 0 Å². The van der Waals surface area contributed by atoms with Crippen molar-refractivity contribution in [2.24, 2.45) is 0 Å². The molecule has 0 unspecified atom stereocenters. The lowest BCUT2D eigenvalue weighted by atomic mass is 10.2. The van der Waals surface area contributed by atoms with Crippen LogP contribution in [0, 0.1) is 0 Å². The molecule has 1 aliphatic rings. The van der Waals surface area contributed by atoms with Crippen molar-refractivity contribution < 1.29 is 0 Å². The molecular formula is C18H19N3S2. The number of thiophene rings is 1. The van der Waals surface area contributed by atoms with Gasteiger partial charge < -0.3 is 5.32 Å². The van der Waals surface area contributed by atoms with Crippen LogP contribution in [0.4, 0.5) is 0 Å². The quantitative estimate of drug-likeness (QED) is 0.760. The van der Waals surface area contributed by atoms with Crippen molar-refractivity contribution in [1.82, 2.24) is 15.1 Å². The van der Waals surface area contributed by atoms with Crippen LogP contribution >= 0.6 is 23.1 Å².